The Bertz CT molecular complexity index is 614. The molecule has 0 aliphatic heterocycles. The molecule has 110 valence electrons. The summed E-state index contributed by atoms with van der Waals surface area (Å²) in [7, 11) is 3.00. The van der Waals surface area contributed by atoms with Gasteiger partial charge in [0.25, 0.3) is 0 Å². The second-order valence-electron chi connectivity index (χ2n) is 3.95. The molecule has 0 saturated heterocycles. The highest BCUT2D eigenvalue weighted by Crippen LogP contribution is 2.12. The predicted molar refractivity (Wildman–Crippen MR) is 81.0 cm³/mol. The number of hydrogen-bond donors (Lipinski definition) is 1. The molecule has 7 heteroatoms. The molecule has 0 bridgehead atoms. The van der Waals surface area contributed by atoms with Crippen molar-refractivity contribution in [3.05, 3.63) is 35.4 Å². The van der Waals surface area contributed by atoms with E-state index in [-0.39, 0.29) is 18.2 Å². The normalized spacial score (nSPS) is 12.8. The van der Waals surface area contributed by atoms with Crippen LogP contribution in [0.3, 0.4) is 0 Å². The third kappa shape index (κ3) is 4.62. The number of rotatable bonds is 6. The van der Waals surface area contributed by atoms with Crippen molar-refractivity contribution in [3.8, 4) is 6.07 Å². The quantitative estimate of drug-likeness (QED) is 0.485. The molecule has 1 aromatic carbocycles. The molecule has 0 atom stereocenters. The van der Waals surface area contributed by atoms with E-state index in [2.05, 4.69) is 15.3 Å². The van der Waals surface area contributed by atoms with Gasteiger partial charge in [0.1, 0.15) is 25.6 Å². The molecule has 0 saturated carbocycles. The maximum absolute atomic E-state index is 8.62. The van der Waals surface area contributed by atoms with Crippen molar-refractivity contribution in [1.29, 1.82) is 5.26 Å². The van der Waals surface area contributed by atoms with Gasteiger partial charge in [0, 0.05) is 18.2 Å². The van der Waals surface area contributed by atoms with E-state index in [1.165, 1.54) is 7.11 Å². The van der Waals surface area contributed by atoms with Crippen molar-refractivity contribution >= 4 is 17.3 Å². The van der Waals surface area contributed by atoms with E-state index in [1.807, 2.05) is 30.3 Å². The summed E-state index contributed by atoms with van der Waals surface area (Å²) in [6.07, 6.45) is 0. The van der Waals surface area contributed by atoms with E-state index < -0.39 is 0 Å². The van der Waals surface area contributed by atoms with E-state index in [0.29, 0.717) is 5.71 Å². The zero-order valence-corrected chi connectivity index (χ0v) is 12.2. The number of hydrogen-bond acceptors (Lipinski definition) is 6. The maximum Gasteiger partial charge on any atom is 0.153 e. The molecule has 0 aliphatic rings. The molecular weight excluding hydrogens is 270 g/mol. The second-order valence-corrected chi connectivity index (χ2v) is 3.95. The number of nitrogens with zero attached hydrogens (tertiary/aromatic N) is 4. The highest BCUT2D eigenvalue weighted by molar-refractivity contribution is 6.47. The summed E-state index contributed by atoms with van der Waals surface area (Å²) < 4.78 is 0. The molecule has 0 fully saturated rings. The molecular formula is C14H17N5O2. The summed E-state index contributed by atoms with van der Waals surface area (Å²) in [6.45, 7) is 1.74. The fourth-order valence-corrected chi connectivity index (χ4v) is 1.53. The SMILES string of the molecule is CN=C(N)C(=NOC)c1ccccc1CO/N=C(/C)C#N. The zero-order chi connectivity index (χ0) is 15.7. The standard InChI is InChI=1S/C14H17N5O2/c1-10(8-15)18-21-9-11-6-4-5-7-12(11)13(19-20-3)14(16)17-2/h4-7H,9H2,1-3H3,(H2,16,17)/b18-10-,19-13?. The van der Waals surface area contributed by atoms with E-state index in [0.717, 1.165) is 11.1 Å². The lowest BCUT2D eigenvalue weighted by Gasteiger charge is -2.10. The minimum atomic E-state index is 0.176. The van der Waals surface area contributed by atoms with Crippen LogP contribution in [0, 0.1) is 11.3 Å². The van der Waals surface area contributed by atoms with Crippen molar-refractivity contribution < 1.29 is 9.68 Å². The van der Waals surface area contributed by atoms with Gasteiger partial charge in [-0.3, -0.25) is 4.99 Å². The van der Waals surface area contributed by atoms with Crippen LogP contribution in [0.2, 0.25) is 0 Å². The molecule has 0 amide bonds. The van der Waals surface area contributed by atoms with Crippen LogP contribution in [-0.2, 0) is 16.3 Å². The van der Waals surface area contributed by atoms with Crippen molar-refractivity contribution in [2.75, 3.05) is 14.2 Å². The molecule has 7 nitrogen and oxygen atoms in total. The van der Waals surface area contributed by atoms with Crippen molar-refractivity contribution in [2.45, 2.75) is 13.5 Å². The van der Waals surface area contributed by atoms with Crippen molar-refractivity contribution in [3.63, 3.8) is 0 Å². The summed E-state index contributed by atoms with van der Waals surface area (Å²) in [6, 6.07) is 9.25. The summed E-state index contributed by atoms with van der Waals surface area (Å²) >= 11 is 0. The molecule has 2 N–H and O–H groups in total. The number of benzene rings is 1. The summed E-state index contributed by atoms with van der Waals surface area (Å²) in [5, 5.41) is 16.2. The highest BCUT2D eigenvalue weighted by Gasteiger charge is 2.14. The number of oxime groups is 2. The van der Waals surface area contributed by atoms with Crippen molar-refractivity contribution in [2.24, 2.45) is 21.0 Å². The van der Waals surface area contributed by atoms with Crippen LogP contribution in [0.1, 0.15) is 18.1 Å². The Labute approximate surface area is 123 Å². The minimum absolute atomic E-state index is 0.176. The molecule has 21 heavy (non-hydrogen) atoms. The fourth-order valence-electron chi connectivity index (χ4n) is 1.53. The first-order valence-electron chi connectivity index (χ1n) is 6.12. The van der Waals surface area contributed by atoms with Crippen LogP contribution >= 0.6 is 0 Å². The van der Waals surface area contributed by atoms with Gasteiger partial charge in [-0.25, -0.2) is 0 Å². The van der Waals surface area contributed by atoms with Crippen LogP contribution in [0.25, 0.3) is 0 Å². The lowest BCUT2D eigenvalue weighted by atomic mass is 10.0. The first-order valence-corrected chi connectivity index (χ1v) is 6.12. The summed E-state index contributed by atoms with van der Waals surface area (Å²) in [5.41, 5.74) is 8.02. The average molecular weight is 287 g/mol. The van der Waals surface area contributed by atoms with Gasteiger partial charge < -0.3 is 15.4 Å². The van der Waals surface area contributed by atoms with E-state index in [1.54, 1.807) is 14.0 Å². The molecule has 0 aromatic heterocycles. The molecule has 1 rings (SSSR count). The monoisotopic (exact) mass is 287 g/mol. The molecule has 1 aromatic rings. The Morgan fingerprint density at radius 3 is 2.67 bits per heavy atom. The van der Waals surface area contributed by atoms with Gasteiger partial charge in [-0.05, 0) is 6.92 Å². The Kier molecular flexibility index (Phi) is 6.41. The van der Waals surface area contributed by atoms with Crippen LogP contribution < -0.4 is 5.73 Å². The first-order chi connectivity index (χ1) is 10.1. The maximum atomic E-state index is 8.62. The summed E-state index contributed by atoms with van der Waals surface area (Å²) in [5.74, 6) is 0.251. The van der Waals surface area contributed by atoms with Crippen LogP contribution in [0.15, 0.2) is 39.6 Å². The van der Waals surface area contributed by atoms with E-state index in [4.69, 9.17) is 20.7 Å². The minimum Gasteiger partial charge on any atom is -0.399 e. The van der Waals surface area contributed by atoms with Crippen LogP contribution in [0.5, 0.6) is 0 Å². The molecule has 0 heterocycles. The Morgan fingerprint density at radius 1 is 1.33 bits per heavy atom. The third-order valence-corrected chi connectivity index (χ3v) is 2.52. The second kappa shape index (κ2) is 8.32. The van der Waals surface area contributed by atoms with Crippen LogP contribution in [0.4, 0.5) is 0 Å². The molecule has 0 aliphatic carbocycles. The van der Waals surface area contributed by atoms with Gasteiger partial charge >= 0.3 is 0 Å². The van der Waals surface area contributed by atoms with Crippen molar-refractivity contribution in [1.82, 2.24) is 0 Å². The van der Waals surface area contributed by atoms with Gasteiger partial charge in [-0.15, -0.1) is 0 Å². The zero-order valence-electron chi connectivity index (χ0n) is 12.2. The van der Waals surface area contributed by atoms with Crippen LogP contribution in [-0.4, -0.2) is 31.4 Å². The third-order valence-electron chi connectivity index (χ3n) is 2.52. The lowest BCUT2D eigenvalue weighted by Crippen LogP contribution is -2.26. The van der Waals surface area contributed by atoms with Gasteiger partial charge in [0.15, 0.2) is 11.4 Å². The number of aliphatic imine (C=N–C) groups is 1. The largest absolute Gasteiger partial charge is 0.399 e. The summed E-state index contributed by atoms with van der Waals surface area (Å²) in [4.78, 5) is 13.9. The first kappa shape index (κ1) is 16.2. The van der Waals surface area contributed by atoms with E-state index >= 15 is 0 Å². The smallest absolute Gasteiger partial charge is 0.153 e. The average Bonchev–Trinajstić information content (AvgIpc) is 2.52. The Balaban J connectivity index is 3.09. The van der Waals surface area contributed by atoms with Gasteiger partial charge in [0.2, 0.25) is 0 Å². The molecule has 0 radical (unpaired) electrons. The Hall–Kier alpha value is -2.88. The van der Waals surface area contributed by atoms with E-state index in [9.17, 15) is 0 Å². The number of nitrogens with two attached hydrogens (primary N) is 1. The fraction of sp³-hybridized carbons (Fsp3) is 0.286. The van der Waals surface area contributed by atoms with Gasteiger partial charge in [-0.2, -0.15) is 5.26 Å². The topological polar surface area (TPSA) is 105 Å². The number of nitriles is 1. The lowest BCUT2D eigenvalue weighted by molar-refractivity contribution is 0.130. The predicted octanol–water partition coefficient (Wildman–Crippen LogP) is 1.44. The van der Waals surface area contributed by atoms with Gasteiger partial charge in [-0.1, -0.05) is 34.6 Å². The molecule has 0 spiro atoms. The highest BCUT2D eigenvalue weighted by atomic mass is 16.6. The van der Waals surface area contributed by atoms with Gasteiger partial charge in [0.05, 0.1) is 0 Å². The molecule has 0 unspecified atom stereocenters. The number of amidine groups is 1. The Morgan fingerprint density at radius 2 is 2.05 bits per heavy atom.